The van der Waals surface area contributed by atoms with Crippen molar-refractivity contribution in [3.8, 4) is 0 Å². The molecule has 0 aliphatic carbocycles. The van der Waals surface area contributed by atoms with E-state index in [0.717, 1.165) is 5.69 Å². The van der Waals surface area contributed by atoms with Crippen LogP contribution in [-0.2, 0) is 13.6 Å². The number of pyridine rings is 1. The summed E-state index contributed by atoms with van der Waals surface area (Å²) < 4.78 is 1.68. The lowest BCUT2D eigenvalue weighted by Crippen LogP contribution is -2.06. The van der Waals surface area contributed by atoms with Gasteiger partial charge in [-0.15, -0.1) is 0 Å². The second-order valence-electron chi connectivity index (χ2n) is 3.58. The number of hydrogen-bond donors (Lipinski definition) is 2. The lowest BCUT2D eigenvalue weighted by Gasteiger charge is -2.03. The number of rotatable bonds is 4. The summed E-state index contributed by atoms with van der Waals surface area (Å²) in [6, 6.07) is 4.92. The maximum Gasteiger partial charge on any atom is 0.354 e. The first-order valence-electron chi connectivity index (χ1n) is 5.07. The van der Waals surface area contributed by atoms with Gasteiger partial charge in [-0.05, 0) is 12.1 Å². The van der Waals surface area contributed by atoms with Crippen molar-refractivity contribution in [2.24, 2.45) is 7.05 Å². The van der Waals surface area contributed by atoms with Gasteiger partial charge in [0.1, 0.15) is 5.69 Å². The molecule has 6 heteroatoms. The van der Waals surface area contributed by atoms with E-state index in [2.05, 4.69) is 15.4 Å². The molecule has 0 aliphatic heterocycles. The number of carbonyl (C=O) groups is 1. The van der Waals surface area contributed by atoms with Gasteiger partial charge in [0.05, 0.1) is 24.1 Å². The van der Waals surface area contributed by atoms with Crippen molar-refractivity contribution in [3.63, 3.8) is 0 Å². The van der Waals surface area contributed by atoms with Gasteiger partial charge in [-0.2, -0.15) is 5.10 Å². The van der Waals surface area contributed by atoms with Crippen molar-refractivity contribution in [3.05, 3.63) is 42.0 Å². The highest BCUT2D eigenvalue weighted by Gasteiger charge is 2.05. The minimum atomic E-state index is -1.02. The minimum Gasteiger partial charge on any atom is -0.477 e. The molecule has 0 unspecified atom stereocenters. The number of nitrogens with one attached hydrogen (secondary N) is 1. The Morgan fingerprint density at radius 1 is 1.53 bits per heavy atom. The Kier molecular flexibility index (Phi) is 3.04. The van der Waals surface area contributed by atoms with E-state index in [-0.39, 0.29) is 5.69 Å². The van der Waals surface area contributed by atoms with Crippen LogP contribution in [-0.4, -0.2) is 25.8 Å². The number of nitrogens with zero attached hydrogens (tertiary/aromatic N) is 3. The standard InChI is InChI=1S/C11H12N4O2/c1-15-7-9(6-13-15)12-5-8-3-2-4-10(14-8)11(16)17/h2-4,6-7,12H,5H2,1H3,(H,16,17). The molecule has 88 valence electrons. The van der Waals surface area contributed by atoms with E-state index < -0.39 is 5.97 Å². The highest BCUT2D eigenvalue weighted by molar-refractivity contribution is 5.85. The average molecular weight is 232 g/mol. The van der Waals surface area contributed by atoms with E-state index >= 15 is 0 Å². The number of carboxylic acids is 1. The zero-order chi connectivity index (χ0) is 12.3. The van der Waals surface area contributed by atoms with Gasteiger partial charge >= 0.3 is 5.97 Å². The lowest BCUT2D eigenvalue weighted by atomic mass is 10.3. The normalized spacial score (nSPS) is 10.2. The van der Waals surface area contributed by atoms with Crippen molar-refractivity contribution in [1.29, 1.82) is 0 Å². The van der Waals surface area contributed by atoms with Crippen molar-refractivity contribution in [2.75, 3.05) is 5.32 Å². The van der Waals surface area contributed by atoms with E-state index in [1.807, 2.05) is 13.2 Å². The van der Waals surface area contributed by atoms with Crippen molar-refractivity contribution < 1.29 is 9.90 Å². The molecule has 0 fully saturated rings. The first-order valence-corrected chi connectivity index (χ1v) is 5.07. The first kappa shape index (κ1) is 11.1. The Balaban J connectivity index is 2.04. The number of aryl methyl sites for hydroxylation is 1. The molecule has 0 aromatic carbocycles. The number of hydrogen-bond acceptors (Lipinski definition) is 4. The zero-order valence-corrected chi connectivity index (χ0v) is 9.29. The van der Waals surface area contributed by atoms with Crippen LogP contribution in [0.3, 0.4) is 0 Å². The molecule has 0 spiro atoms. The molecule has 0 bridgehead atoms. The lowest BCUT2D eigenvalue weighted by molar-refractivity contribution is 0.0690. The molecule has 2 N–H and O–H groups in total. The fourth-order valence-corrected chi connectivity index (χ4v) is 1.40. The predicted molar refractivity (Wildman–Crippen MR) is 61.7 cm³/mol. The molecule has 0 saturated heterocycles. The largest absolute Gasteiger partial charge is 0.477 e. The Bertz CT molecular complexity index is 536. The summed E-state index contributed by atoms with van der Waals surface area (Å²) in [5.41, 5.74) is 1.60. The number of anilines is 1. The second kappa shape index (κ2) is 4.65. The van der Waals surface area contributed by atoms with E-state index in [1.165, 1.54) is 6.07 Å². The third-order valence-corrected chi connectivity index (χ3v) is 2.20. The molecule has 0 amide bonds. The molecular formula is C11H12N4O2. The Labute approximate surface area is 97.9 Å². The summed E-state index contributed by atoms with van der Waals surface area (Å²) >= 11 is 0. The van der Waals surface area contributed by atoms with Crippen LogP contribution in [0.2, 0.25) is 0 Å². The van der Waals surface area contributed by atoms with Crippen LogP contribution in [0.15, 0.2) is 30.6 Å². The Hall–Kier alpha value is -2.37. The van der Waals surface area contributed by atoms with E-state index in [9.17, 15) is 4.79 Å². The second-order valence-corrected chi connectivity index (χ2v) is 3.58. The summed E-state index contributed by atoms with van der Waals surface area (Å²) in [4.78, 5) is 14.7. The van der Waals surface area contributed by atoms with E-state index in [4.69, 9.17) is 5.11 Å². The van der Waals surface area contributed by atoms with Gasteiger partial charge in [0, 0.05) is 13.2 Å². The summed E-state index contributed by atoms with van der Waals surface area (Å²) in [5, 5.41) is 15.9. The van der Waals surface area contributed by atoms with Gasteiger partial charge in [0.2, 0.25) is 0 Å². The summed E-state index contributed by atoms with van der Waals surface area (Å²) in [6.45, 7) is 0.465. The van der Waals surface area contributed by atoms with Crippen molar-refractivity contribution in [2.45, 2.75) is 6.54 Å². The highest BCUT2D eigenvalue weighted by atomic mass is 16.4. The summed E-state index contributed by atoms with van der Waals surface area (Å²) in [6.07, 6.45) is 3.53. The van der Waals surface area contributed by atoms with Gasteiger partial charge in [0.15, 0.2) is 0 Å². The number of aromatic carboxylic acids is 1. The number of aromatic nitrogens is 3. The molecule has 0 aliphatic rings. The Morgan fingerprint density at radius 3 is 3.00 bits per heavy atom. The van der Waals surface area contributed by atoms with Gasteiger partial charge in [0.25, 0.3) is 0 Å². The molecule has 0 radical (unpaired) electrons. The van der Waals surface area contributed by atoms with Crippen LogP contribution in [0, 0.1) is 0 Å². The quantitative estimate of drug-likeness (QED) is 0.825. The topological polar surface area (TPSA) is 80.0 Å². The van der Waals surface area contributed by atoms with Crippen molar-refractivity contribution >= 4 is 11.7 Å². The third-order valence-electron chi connectivity index (χ3n) is 2.20. The molecule has 2 aromatic heterocycles. The predicted octanol–water partition coefficient (Wildman–Crippen LogP) is 1.13. The molecule has 6 nitrogen and oxygen atoms in total. The van der Waals surface area contributed by atoms with Crippen LogP contribution in [0.5, 0.6) is 0 Å². The fraction of sp³-hybridized carbons (Fsp3) is 0.182. The van der Waals surface area contributed by atoms with Crippen LogP contribution < -0.4 is 5.32 Å². The van der Waals surface area contributed by atoms with Crippen molar-refractivity contribution in [1.82, 2.24) is 14.8 Å². The van der Waals surface area contributed by atoms with Gasteiger partial charge in [-0.25, -0.2) is 9.78 Å². The smallest absolute Gasteiger partial charge is 0.354 e. The van der Waals surface area contributed by atoms with E-state index in [0.29, 0.717) is 12.2 Å². The molecule has 2 heterocycles. The summed E-state index contributed by atoms with van der Waals surface area (Å²) in [5.74, 6) is -1.02. The van der Waals surface area contributed by atoms with Crippen LogP contribution >= 0.6 is 0 Å². The van der Waals surface area contributed by atoms with E-state index in [1.54, 1.807) is 23.0 Å². The molecule has 2 rings (SSSR count). The first-order chi connectivity index (χ1) is 8.15. The summed E-state index contributed by atoms with van der Waals surface area (Å²) in [7, 11) is 1.83. The van der Waals surface area contributed by atoms with Crippen LogP contribution in [0.1, 0.15) is 16.2 Å². The van der Waals surface area contributed by atoms with Gasteiger partial charge < -0.3 is 10.4 Å². The van der Waals surface area contributed by atoms with Crippen LogP contribution in [0.4, 0.5) is 5.69 Å². The molecule has 17 heavy (non-hydrogen) atoms. The maximum atomic E-state index is 10.7. The maximum absolute atomic E-state index is 10.7. The molecule has 2 aromatic rings. The monoisotopic (exact) mass is 232 g/mol. The van der Waals surface area contributed by atoms with Gasteiger partial charge in [-0.1, -0.05) is 6.07 Å². The molecule has 0 saturated carbocycles. The molecular weight excluding hydrogens is 220 g/mol. The fourth-order valence-electron chi connectivity index (χ4n) is 1.40. The SMILES string of the molecule is Cn1cc(NCc2cccc(C(=O)O)n2)cn1. The third kappa shape index (κ3) is 2.81. The number of carboxylic acid groups (broad SMARTS) is 1. The minimum absolute atomic E-state index is 0.0514. The Morgan fingerprint density at radius 2 is 2.35 bits per heavy atom. The zero-order valence-electron chi connectivity index (χ0n) is 9.29. The van der Waals surface area contributed by atoms with Gasteiger partial charge in [-0.3, -0.25) is 4.68 Å². The van der Waals surface area contributed by atoms with Crippen LogP contribution in [0.25, 0.3) is 0 Å². The highest BCUT2D eigenvalue weighted by Crippen LogP contribution is 2.06. The average Bonchev–Trinajstić information content (AvgIpc) is 2.73. The molecule has 0 atom stereocenters.